The summed E-state index contributed by atoms with van der Waals surface area (Å²) in [6.07, 6.45) is 7.09. The topological polar surface area (TPSA) is 56.0 Å². The second-order valence-electron chi connectivity index (χ2n) is 9.01. The predicted molar refractivity (Wildman–Crippen MR) is 136 cm³/mol. The van der Waals surface area contributed by atoms with Crippen LogP contribution in [0.4, 0.5) is 5.82 Å². The average molecular weight is 450 g/mol. The Morgan fingerprint density at radius 1 is 0.824 bits per heavy atom. The van der Waals surface area contributed by atoms with Crippen molar-refractivity contribution in [3.8, 4) is 0 Å². The van der Waals surface area contributed by atoms with Gasteiger partial charge in [0.1, 0.15) is 11.3 Å². The van der Waals surface area contributed by atoms with E-state index in [0.717, 1.165) is 40.9 Å². The quantitative estimate of drug-likeness (QED) is 0.386. The maximum absolute atomic E-state index is 13.8. The molecule has 0 amide bonds. The molecule has 6 nitrogen and oxygen atoms in total. The van der Waals surface area contributed by atoms with E-state index in [4.69, 9.17) is 4.98 Å². The minimum Gasteiger partial charge on any atom is -0.358 e. The molecule has 0 atom stereocenters. The van der Waals surface area contributed by atoms with Gasteiger partial charge in [-0.15, -0.1) is 0 Å². The molecule has 170 valence electrons. The predicted octanol–water partition coefficient (Wildman–Crippen LogP) is 4.83. The van der Waals surface area contributed by atoms with Crippen molar-refractivity contribution in [2.24, 2.45) is 0 Å². The van der Waals surface area contributed by atoms with Crippen LogP contribution >= 0.6 is 0 Å². The van der Waals surface area contributed by atoms with Crippen molar-refractivity contribution in [1.82, 2.24) is 19.1 Å². The van der Waals surface area contributed by atoms with Crippen LogP contribution in [0.2, 0.25) is 0 Å². The number of piperidine rings is 1. The Hall–Kier alpha value is -3.93. The Balaban J connectivity index is 1.48. The van der Waals surface area contributed by atoms with Crippen LogP contribution in [0.25, 0.3) is 21.8 Å². The number of nitrogens with zero attached hydrogens (tertiary/aromatic N) is 5. The van der Waals surface area contributed by atoms with E-state index in [-0.39, 0.29) is 5.56 Å². The third-order valence-corrected chi connectivity index (χ3v) is 6.79. The van der Waals surface area contributed by atoms with Gasteiger partial charge >= 0.3 is 0 Å². The molecule has 1 saturated heterocycles. The van der Waals surface area contributed by atoms with Crippen LogP contribution in [0, 0.1) is 0 Å². The molecule has 6 heteroatoms. The number of fused-ring (bicyclic) bond motifs is 2. The van der Waals surface area contributed by atoms with Crippen LogP contribution in [-0.4, -0.2) is 32.2 Å². The third-order valence-electron chi connectivity index (χ3n) is 6.79. The molecule has 0 spiro atoms. The molecular weight excluding hydrogens is 422 g/mol. The molecule has 6 rings (SSSR count). The smallest absolute Gasteiger partial charge is 0.278 e. The van der Waals surface area contributed by atoms with E-state index in [2.05, 4.69) is 44.8 Å². The Kier molecular flexibility index (Phi) is 5.34. The molecule has 34 heavy (non-hydrogen) atoms. The van der Waals surface area contributed by atoms with Crippen LogP contribution in [0.1, 0.15) is 30.5 Å². The molecule has 0 N–H and O–H groups in total. The normalized spacial score (nSPS) is 14.2. The van der Waals surface area contributed by atoms with Gasteiger partial charge in [0.15, 0.2) is 0 Å². The lowest BCUT2D eigenvalue weighted by atomic mass is 10.1. The lowest BCUT2D eigenvalue weighted by Gasteiger charge is -2.29. The second kappa shape index (κ2) is 8.78. The number of anilines is 1. The summed E-state index contributed by atoms with van der Waals surface area (Å²) in [6, 6.07) is 22.6. The molecule has 0 radical (unpaired) electrons. The first kappa shape index (κ1) is 20.7. The van der Waals surface area contributed by atoms with Gasteiger partial charge in [0.2, 0.25) is 0 Å². The molecule has 0 saturated carbocycles. The molecule has 1 aliphatic heterocycles. The highest BCUT2D eigenvalue weighted by Gasteiger charge is 2.21. The van der Waals surface area contributed by atoms with E-state index in [1.807, 2.05) is 36.4 Å². The second-order valence-corrected chi connectivity index (χ2v) is 9.01. The first-order valence-corrected chi connectivity index (χ1v) is 12.0. The molecule has 1 aliphatic rings. The van der Waals surface area contributed by atoms with Gasteiger partial charge in [-0.3, -0.25) is 14.3 Å². The summed E-state index contributed by atoms with van der Waals surface area (Å²) < 4.78 is 3.86. The van der Waals surface area contributed by atoms with Crippen LogP contribution in [0.5, 0.6) is 0 Å². The Bertz CT molecular complexity index is 1510. The van der Waals surface area contributed by atoms with Crippen molar-refractivity contribution < 1.29 is 0 Å². The van der Waals surface area contributed by atoms with E-state index in [0.29, 0.717) is 18.6 Å². The standard InChI is InChI=1S/C28H27N5O/c34-28-27-24(30-20-32(28)19-25-23-12-6-5-11-22(23)13-14-29-25)17-26(31-15-7-2-8-16-31)33(27)18-21-9-3-1-4-10-21/h1,3-6,9-14,17,20H,2,7-8,15-16,18-19H2. The zero-order valence-electron chi connectivity index (χ0n) is 19.1. The lowest BCUT2D eigenvalue weighted by molar-refractivity contribution is 0.565. The molecule has 0 unspecified atom stereocenters. The lowest BCUT2D eigenvalue weighted by Crippen LogP contribution is -2.32. The summed E-state index contributed by atoms with van der Waals surface area (Å²) in [7, 11) is 0. The van der Waals surface area contributed by atoms with Gasteiger partial charge < -0.3 is 9.47 Å². The fraction of sp³-hybridized carbons (Fsp3) is 0.250. The van der Waals surface area contributed by atoms with E-state index in [9.17, 15) is 4.79 Å². The Morgan fingerprint density at radius 3 is 2.47 bits per heavy atom. The molecule has 3 aromatic heterocycles. The number of hydrogen-bond acceptors (Lipinski definition) is 4. The first-order chi connectivity index (χ1) is 16.8. The zero-order valence-corrected chi connectivity index (χ0v) is 19.1. The van der Waals surface area contributed by atoms with Crippen LogP contribution in [0.3, 0.4) is 0 Å². The van der Waals surface area contributed by atoms with Crippen molar-refractivity contribution in [2.45, 2.75) is 32.4 Å². The molecule has 4 heterocycles. The van der Waals surface area contributed by atoms with E-state index >= 15 is 0 Å². The largest absolute Gasteiger partial charge is 0.358 e. The molecule has 2 aromatic carbocycles. The van der Waals surface area contributed by atoms with Crippen molar-refractivity contribution in [2.75, 3.05) is 18.0 Å². The number of pyridine rings is 1. The summed E-state index contributed by atoms with van der Waals surface area (Å²) >= 11 is 0. The monoisotopic (exact) mass is 449 g/mol. The van der Waals surface area contributed by atoms with Gasteiger partial charge in [0, 0.05) is 37.3 Å². The van der Waals surface area contributed by atoms with E-state index in [1.165, 1.54) is 24.8 Å². The van der Waals surface area contributed by atoms with Crippen LogP contribution in [0.15, 0.2) is 84.0 Å². The number of rotatable bonds is 5. The van der Waals surface area contributed by atoms with Crippen molar-refractivity contribution >= 4 is 27.6 Å². The minimum absolute atomic E-state index is 0.0288. The van der Waals surface area contributed by atoms with Gasteiger partial charge in [0.25, 0.3) is 5.56 Å². The third kappa shape index (κ3) is 3.75. The van der Waals surface area contributed by atoms with E-state index in [1.54, 1.807) is 17.1 Å². The number of benzene rings is 2. The average Bonchev–Trinajstić information content (AvgIpc) is 3.26. The molecule has 5 aromatic rings. The van der Waals surface area contributed by atoms with E-state index < -0.39 is 0 Å². The summed E-state index contributed by atoms with van der Waals surface area (Å²) in [5.74, 6) is 1.09. The highest BCUT2D eigenvalue weighted by molar-refractivity contribution is 5.84. The maximum Gasteiger partial charge on any atom is 0.278 e. The van der Waals surface area contributed by atoms with Crippen molar-refractivity contribution in [3.05, 3.63) is 101 Å². The van der Waals surface area contributed by atoms with Crippen molar-refractivity contribution in [3.63, 3.8) is 0 Å². The molecule has 0 bridgehead atoms. The first-order valence-electron chi connectivity index (χ1n) is 12.0. The van der Waals surface area contributed by atoms with Gasteiger partial charge in [-0.25, -0.2) is 4.98 Å². The highest BCUT2D eigenvalue weighted by atomic mass is 16.1. The van der Waals surface area contributed by atoms with Gasteiger partial charge in [0.05, 0.1) is 24.1 Å². The minimum atomic E-state index is -0.0288. The molecule has 0 aliphatic carbocycles. The van der Waals surface area contributed by atoms with Gasteiger partial charge in [-0.05, 0) is 36.3 Å². The van der Waals surface area contributed by atoms with Gasteiger partial charge in [-0.2, -0.15) is 0 Å². The fourth-order valence-corrected chi connectivity index (χ4v) is 5.06. The summed E-state index contributed by atoms with van der Waals surface area (Å²) in [5.41, 5.74) is 3.43. The zero-order chi connectivity index (χ0) is 22.9. The Morgan fingerprint density at radius 2 is 1.62 bits per heavy atom. The SMILES string of the molecule is O=c1c2c(cc(N3CCCCC3)n2Cc2ccccc2)ncn1Cc1nccc2ccccc12. The number of aromatic nitrogens is 4. The number of hydrogen-bond donors (Lipinski definition) is 0. The fourth-order valence-electron chi connectivity index (χ4n) is 5.06. The van der Waals surface area contributed by atoms with Gasteiger partial charge in [-0.1, -0.05) is 54.6 Å². The van der Waals surface area contributed by atoms with Crippen LogP contribution < -0.4 is 10.5 Å². The van der Waals surface area contributed by atoms with Crippen molar-refractivity contribution in [1.29, 1.82) is 0 Å². The summed E-state index contributed by atoms with van der Waals surface area (Å²) in [5, 5.41) is 2.18. The molecule has 1 fully saturated rings. The highest BCUT2D eigenvalue weighted by Crippen LogP contribution is 2.27. The summed E-state index contributed by atoms with van der Waals surface area (Å²) in [4.78, 5) is 25.6. The van der Waals surface area contributed by atoms with Crippen LogP contribution in [-0.2, 0) is 13.1 Å². The summed E-state index contributed by atoms with van der Waals surface area (Å²) in [6.45, 7) is 3.06. The Labute approximate surface area is 198 Å². The molecular formula is C28H27N5O. The maximum atomic E-state index is 13.8.